The zero-order valence-electron chi connectivity index (χ0n) is 6.78. The zero-order valence-corrected chi connectivity index (χ0v) is 6.78. The average Bonchev–Trinajstić information content (AvgIpc) is 1.62. The van der Waals surface area contributed by atoms with Crippen molar-refractivity contribution in [2.75, 3.05) is 0 Å². The highest BCUT2D eigenvalue weighted by molar-refractivity contribution is 4.67. The molecule has 0 aromatic rings. The fourth-order valence-electron chi connectivity index (χ4n) is 0.612. The minimum atomic E-state index is 0.509. The predicted octanol–water partition coefficient (Wildman–Crippen LogP) is 3.08. The number of hydrogen-bond donors (Lipinski definition) is 0. The molecule has 1 atom stereocenters. The van der Waals surface area contributed by atoms with Crippen molar-refractivity contribution in [2.45, 2.75) is 41.0 Å². The molecule has 0 N–H and O–H groups in total. The zero-order chi connectivity index (χ0) is 6.78. The van der Waals surface area contributed by atoms with Gasteiger partial charge < -0.3 is 0 Å². The van der Waals surface area contributed by atoms with E-state index in [9.17, 15) is 0 Å². The number of hydrogen-bond acceptors (Lipinski definition) is 0. The van der Waals surface area contributed by atoms with Crippen LogP contribution in [0.25, 0.3) is 0 Å². The lowest BCUT2D eigenvalue weighted by atomic mass is 9.81. The van der Waals surface area contributed by atoms with Crippen molar-refractivity contribution in [1.82, 2.24) is 0 Å². The first-order valence-electron chi connectivity index (χ1n) is 3.48. The quantitative estimate of drug-likeness (QED) is 0.491. The molecule has 50 valence electrons. The Bertz CT molecular complexity index is 56.9. The van der Waals surface area contributed by atoms with E-state index >= 15 is 0 Å². The van der Waals surface area contributed by atoms with Gasteiger partial charge in [0.2, 0.25) is 0 Å². The van der Waals surface area contributed by atoms with Crippen molar-refractivity contribution in [3.8, 4) is 0 Å². The second-order valence-electron chi connectivity index (χ2n) is 3.68. The molecule has 0 bridgehead atoms. The molecule has 0 heteroatoms. The van der Waals surface area contributed by atoms with Crippen molar-refractivity contribution in [1.29, 1.82) is 0 Å². The summed E-state index contributed by atoms with van der Waals surface area (Å²) in [6.07, 6.45) is 1.30. The molecule has 0 aliphatic heterocycles. The van der Waals surface area contributed by atoms with E-state index in [-0.39, 0.29) is 0 Å². The van der Waals surface area contributed by atoms with Crippen LogP contribution in [-0.4, -0.2) is 0 Å². The van der Waals surface area contributed by atoms with Gasteiger partial charge in [-0.2, -0.15) is 0 Å². The molecule has 1 unspecified atom stereocenters. The lowest BCUT2D eigenvalue weighted by Crippen LogP contribution is -2.15. The van der Waals surface area contributed by atoms with Crippen LogP contribution in [0.3, 0.4) is 0 Å². The summed E-state index contributed by atoms with van der Waals surface area (Å²) in [5.74, 6) is 0.850. The van der Waals surface area contributed by atoms with Gasteiger partial charge in [-0.15, -0.1) is 0 Å². The van der Waals surface area contributed by atoms with Crippen molar-refractivity contribution >= 4 is 0 Å². The normalized spacial score (nSPS) is 16.1. The van der Waals surface area contributed by atoms with E-state index in [0.717, 1.165) is 5.92 Å². The van der Waals surface area contributed by atoms with Crippen LogP contribution in [0, 0.1) is 11.3 Å². The summed E-state index contributed by atoms with van der Waals surface area (Å²) in [5.41, 5.74) is 0.509. The Morgan fingerprint density at radius 2 is 1.62 bits per heavy atom. The van der Waals surface area contributed by atoms with Crippen LogP contribution in [0.1, 0.15) is 41.0 Å². The third kappa shape index (κ3) is 2.34. The van der Waals surface area contributed by atoms with Crippen molar-refractivity contribution < 1.29 is 0 Å². The SMILES string of the molecule is CCC(C)C(C)(C)C. The van der Waals surface area contributed by atoms with Gasteiger partial charge in [-0.05, 0) is 11.3 Å². The van der Waals surface area contributed by atoms with Crippen LogP contribution in [0.2, 0.25) is 0 Å². The van der Waals surface area contributed by atoms with Crippen LogP contribution in [0.4, 0.5) is 0 Å². The standard InChI is InChI=1S/C8H18/c1-6-7(2)8(3,4)5/h7H,6H2,1-5H3. The molecule has 0 heterocycles. The molecule has 0 aromatic carbocycles. The predicted molar refractivity (Wildman–Crippen MR) is 38.9 cm³/mol. The first-order valence-corrected chi connectivity index (χ1v) is 3.48. The van der Waals surface area contributed by atoms with Gasteiger partial charge in [-0.25, -0.2) is 0 Å². The van der Waals surface area contributed by atoms with E-state index in [4.69, 9.17) is 0 Å². The minimum absolute atomic E-state index is 0.509. The fourth-order valence-corrected chi connectivity index (χ4v) is 0.612. The van der Waals surface area contributed by atoms with Crippen molar-refractivity contribution in [3.05, 3.63) is 0 Å². The summed E-state index contributed by atoms with van der Waals surface area (Å²) in [5, 5.41) is 0. The monoisotopic (exact) mass is 114 g/mol. The van der Waals surface area contributed by atoms with Crippen LogP contribution in [0.15, 0.2) is 0 Å². The molecule has 0 saturated heterocycles. The Kier molecular flexibility index (Phi) is 2.52. The lowest BCUT2D eigenvalue weighted by Gasteiger charge is -2.25. The van der Waals surface area contributed by atoms with E-state index in [1.54, 1.807) is 0 Å². The molecule has 0 aromatic heterocycles. The maximum atomic E-state index is 2.31. The largest absolute Gasteiger partial charge is 0.0651 e. The summed E-state index contributed by atoms with van der Waals surface area (Å²) in [6.45, 7) is 11.4. The molecule has 0 radical (unpaired) electrons. The molecule has 8 heavy (non-hydrogen) atoms. The topological polar surface area (TPSA) is 0 Å². The molecular formula is C8H18. The van der Waals surface area contributed by atoms with E-state index in [1.165, 1.54) is 6.42 Å². The molecule has 0 saturated carbocycles. The maximum Gasteiger partial charge on any atom is -0.0357 e. The molecular weight excluding hydrogens is 96.1 g/mol. The van der Waals surface area contributed by atoms with Gasteiger partial charge in [-0.3, -0.25) is 0 Å². The van der Waals surface area contributed by atoms with Crippen LogP contribution >= 0.6 is 0 Å². The van der Waals surface area contributed by atoms with Gasteiger partial charge in [0.25, 0.3) is 0 Å². The first kappa shape index (κ1) is 8.00. The summed E-state index contributed by atoms with van der Waals surface area (Å²) >= 11 is 0. The fraction of sp³-hybridized carbons (Fsp3) is 1.00. The van der Waals surface area contributed by atoms with Gasteiger partial charge in [0.1, 0.15) is 0 Å². The van der Waals surface area contributed by atoms with E-state index < -0.39 is 0 Å². The second kappa shape index (κ2) is 2.52. The Morgan fingerprint density at radius 3 is 1.62 bits per heavy atom. The Morgan fingerprint density at radius 1 is 1.25 bits per heavy atom. The van der Waals surface area contributed by atoms with Crippen molar-refractivity contribution in [2.24, 2.45) is 11.3 Å². The van der Waals surface area contributed by atoms with Crippen LogP contribution < -0.4 is 0 Å². The third-order valence-corrected chi connectivity index (χ3v) is 2.09. The second-order valence-corrected chi connectivity index (χ2v) is 3.68. The molecule has 0 aliphatic rings. The Labute approximate surface area is 53.3 Å². The van der Waals surface area contributed by atoms with E-state index in [1.807, 2.05) is 0 Å². The van der Waals surface area contributed by atoms with E-state index in [0.29, 0.717) is 5.41 Å². The average molecular weight is 114 g/mol. The molecule has 0 fully saturated rings. The Hall–Kier alpha value is 0. The van der Waals surface area contributed by atoms with Gasteiger partial charge in [0.15, 0.2) is 0 Å². The highest BCUT2D eigenvalue weighted by Gasteiger charge is 2.16. The molecule has 0 amide bonds. The van der Waals surface area contributed by atoms with E-state index in [2.05, 4.69) is 34.6 Å². The lowest BCUT2D eigenvalue weighted by molar-refractivity contribution is 0.254. The molecule has 0 aliphatic carbocycles. The highest BCUT2D eigenvalue weighted by Crippen LogP contribution is 2.27. The summed E-state index contributed by atoms with van der Waals surface area (Å²) in [6, 6.07) is 0. The third-order valence-electron chi connectivity index (χ3n) is 2.09. The summed E-state index contributed by atoms with van der Waals surface area (Å²) in [7, 11) is 0. The van der Waals surface area contributed by atoms with Gasteiger partial charge >= 0.3 is 0 Å². The Balaban J connectivity index is 3.62. The van der Waals surface area contributed by atoms with Crippen LogP contribution in [0.5, 0.6) is 0 Å². The van der Waals surface area contributed by atoms with Gasteiger partial charge in [-0.1, -0.05) is 41.0 Å². The van der Waals surface area contributed by atoms with Crippen LogP contribution in [-0.2, 0) is 0 Å². The van der Waals surface area contributed by atoms with Gasteiger partial charge in [0.05, 0.1) is 0 Å². The van der Waals surface area contributed by atoms with Crippen molar-refractivity contribution in [3.63, 3.8) is 0 Å². The first-order chi connectivity index (χ1) is 3.48. The molecule has 0 spiro atoms. The molecule has 0 nitrogen and oxygen atoms in total. The minimum Gasteiger partial charge on any atom is -0.0651 e. The maximum absolute atomic E-state index is 2.31. The smallest absolute Gasteiger partial charge is 0.0357 e. The molecule has 0 rings (SSSR count). The highest BCUT2D eigenvalue weighted by atomic mass is 14.2. The summed E-state index contributed by atoms with van der Waals surface area (Å²) < 4.78 is 0. The summed E-state index contributed by atoms with van der Waals surface area (Å²) in [4.78, 5) is 0. The van der Waals surface area contributed by atoms with Gasteiger partial charge in [0, 0.05) is 0 Å². The number of rotatable bonds is 1.